The molecule has 1 aromatic heterocycles. The Morgan fingerprint density at radius 3 is 2.47 bits per heavy atom. The maximum absolute atomic E-state index is 11.3. The molecule has 0 atom stereocenters. The summed E-state index contributed by atoms with van der Waals surface area (Å²) in [5.41, 5.74) is 1.75. The van der Waals surface area contributed by atoms with Gasteiger partial charge in [0.2, 0.25) is 0 Å². The fraction of sp³-hybridized carbons (Fsp3) is 0.0769. The second kappa shape index (κ2) is 5.08. The van der Waals surface area contributed by atoms with Crippen molar-refractivity contribution in [1.29, 1.82) is 5.26 Å². The molecule has 0 fully saturated rings. The van der Waals surface area contributed by atoms with E-state index >= 15 is 0 Å². The normalized spacial score (nSPS) is 10.7. The van der Waals surface area contributed by atoms with Crippen LogP contribution in [0.1, 0.15) is 5.56 Å². The summed E-state index contributed by atoms with van der Waals surface area (Å²) in [7, 11) is -3.20. The van der Waals surface area contributed by atoms with E-state index in [2.05, 4.69) is 16.4 Å². The second-order valence-electron chi connectivity index (χ2n) is 3.95. The fourth-order valence-corrected chi connectivity index (χ4v) is 2.16. The number of nitrogens with zero attached hydrogens (tertiary/aromatic N) is 2. The van der Waals surface area contributed by atoms with Crippen LogP contribution in [0.4, 0.5) is 11.4 Å². The van der Waals surface area contributed by atoms with Gasteiger partial charge in [-0.25, -0.2) is 8.42 Å². The monoisotopic (exact) mass is 273 g/mol. The average molecular weight is 273 g/mol. The van der Waals surface area contributed by atoms with Crippen LogP contribution in [0.5, 0.6) is 0 Å². The molecule has 0 unspecified atom stereocenters. The molecule has 5 nitrogen and oxygen atoms in total. The van der Waals surface area contributed by atoms with Crippen LogP contribution in [0, 0.1) is 11.3 Å². The summed E-state index contributed by atoms with van der Waals surface area (Å²) in [6, 6.07) is 9.97. The Bertz CT molecular complexity index is 731. The molecule has 6 heteroatoms. The molecule has 0 aliphatic heterocycles. The maximum atomic E-state index is 11.3. The van der Waals surface area contributed by atoms with Gasteiger partial charge in [-0.05, 0) is 30.3 Å². The summed E-state index contributed by atoms with van der Waals surface area (Å²) in [5, 5.41) is 12.0. The van der Waals surface area contributed by atoms with Crippen molar-refractivity contribution in [3.05, 3.63) is 48.3 Å². The second-order valence-corrected chi connectivity index (χ2v) is 5.97. The Balaban J connectivity index is 2.28. The summed E-state index contributed by atoms with van der Waals surface area (Å²) in [6.07, 6.45) is 4.24. The molecule has 0 radical (unpaired) electrons. The lowest BCUT2D eigenvalue weighted by Crippen LogP contribution is -1.98. The minimum Gasteiger partial charge on any atom is -0.353 e. The zero-order valence-electron chi connectivity index (χ0n) is 10.2. The van der Waals surface area contributed by atoms with E-state index in [1.54, 1.807) is 24.4 Å². The lowest BCUT2D eigenvalue weighted by Gasteiger charge is -2.07. The van der Waals surface area contributed by atoms with Crippen molar-refractivity contribution >= 4 is 21.2 Å². The molecular formula is C13H11N3O2S. The molecule has 0 saturated carbocycles. The predicted octanol–water partition coefficient (Wildman–Crippen LogP) is 2.10. The highest BCUT2D eigenvalue weighted by atomic mass is 32.2. The molecule has 0 bridgehead atoms. The van der Waals surface area contributed by atoms with Crippen molar-refractivity contribution in [3.8, 4) is 6.07 Å². The van der Waals surface area contributed by atoms with Crippen molar-refractivity contribution in [1.82, 2.24) is 4.98 Å². The Morgan fingerprint density at radius 2 is 1.89 bits per heavy atom. The van der Waals surface area contributed by atoms with Gasteiger partial charge in [0.05, 0.1) is 22.3 Å². The predicted molar refractivity (Wildman–Crippen MR) is 71.8 cm³/mol. The minimum atomic E-state index is -3.20. The van der Waals surface area contributed by atoms with Gasteiger partial charge in [-0.3, -0.25) is 4.98 Å². The van der Waals surface area contributed by atoms with E-state index in [0.717, 1.165) is 6.26 Å². The number of sulfone groups is 1. The van der Waals surface area contributed by atoms with E-state index < -0.39 is 9.84 Å². The van der Waals surface area contributed by atoms with E-state index in [-0.39, 0.29) is 4.90 Å². The van der Waals surface area contributed by atoms with Crippen LogP contribution >= 0.6 is 0 Å². The molecule has 2 rings (SSSR count). The topological polar surface area (TPSA) is 82.8 Å². The molecule has 1 N–H and O–H groups in total. The highest BCUT2D eigenvalue weighted by Crippen LogP contribution is 2.20. The third kappa shape index (κ3) is 3.09. The van der Waals surface area contributed by atoms with E-state index in [9.17, 15) is 8.42 Å². The summed E-state index contributed by atoms with van der Waals surface area (Å²) >= 11 is 0. The molecule has 0 aliphatic rings. The highest BCUT2D eigenvalue weighted by Gasteiger charge is 2.07. The van der Waals surface area contributed by atoms with Gasteiger partial charge >= 0.3 is 0 Å². The first kappa shape index (κ1) is 13.1. The van der Waals surface area contributed by atoms with E-state index in [0.29, 0.717) is 16.9 Å². The van der Waals surface area contributed by atoms with Gasteiger partial charge in [-0.15, -0.1) is 0 Å². The van der Waals surface area contributed by atoms with Crippen molar-refractivity contribution < 1.29 is 8.42 Å². The van der Waals surface area contributed by atoms with Gasteiger partial charge < -0.3 is 5.32 Å². The maximum Gasteiger partial charge on any atom is 0.175 e. The van der Waals surface area contributed by atoms with Crippen LogP contribution in [-0.2, 0) is 9.84 Å². The lowest BCUT2D eigenvalue weighted by molar-refractivity contribution is 0.602. The third-order valence-corrected chi connectivity index (χ3v) is 3.63. The van der Waals surface area contributed by atoms with Gasteiger partial charge in [0.15, 0.2) is 9.84 Å². The Kier molecular flexibility index (Phi) is 3.49. The zero-order valence-corrected chi connectivity index (χ0v) is 11.0. The van der Waals surface area contributed by atoms with Crippen LogP contribution in [-0.4, -0.2) is 19.7 Å². The molecule has 0 amide bonds. The third-order valence-electron chi connectivity index (χ3n) is 2.50. The standard InChI is InChI=1S/C13H11N3O2S/c1-19(17,18)12-4-2-11(3-5-12)16-13-9-15-7-6-10(13)8-14/h2-7,9,16H,1H3. The van der Waals surface area contributed by atoms with E-state index in [1.807, 2.05) is 0 Å². The Morgan fingerprint density at radius 1 is 1.21 bits per heavy atom. The minimum absolute atomic E-state index is 0.254. The van der Waals surface area contributed by atoms with Crippen molar-refractivity contribution in [2.75, 3.05) is 11.6 Å². The van der Waals surface area contributed by atoms with Crippen molar-refractivity contribution in [2.24, 2.45) is 0 Å². The Labute approximate surface area is 111 Å². The Hall–Kier alpha value is -2.39. The summed E-state index contributed by atoms with van der Waals surface area (Å²) in [4.78, 5) is 4.19. The van der Waals surface area contributed by atoms with Crippen LogP contribution in [0.25, 0.3) is 0 Å². The van der Waals surface area contributed by atoms with E-state index in [1.165, 1.54) is 18.3 Å². The summed E-state index contributed by atoms with van der Waals surface area (Å²) in [5.74, 6) is 0. The van der Waals surface area contributed by atoms with Gasteiger partial charge in [0, 0.05) is 18.1 Å². The first-order valence-corrected chi connectivity index (χ1v) is 7.31. The molecular weight excluding hydrogens is 262 g/mol. The van der Waals surface area contributed by atoms with Crippen molar-refractivity contribution in [3.63, 3.8) is 0 Å². The molecule has 19 heavy (non-hydrogen) atoms. The smallest absolute Gasteiger partial charge is 0.175 e. The molecule has 0 saturated heterocycles. The van der Waals surface area contributed by atoms with Crippen LogP contribution < -0.4 is 5.32 Å². The SMILES string of the molecule is CS(=O)(=O)c1ccc(Nc2cnccc2C#N)cc1. The largest absolute Gasteiger partial charge is 0.353 e. The molecule has 1 aromatic carbocycles. The number of nitriles is 1. The quantitative estimate of drug-likeness (QED) is 0.926. The first-order valence-electron chi connectivity index (χ1n) is 5.42. The molecule has 0 aliphatic carbocycles. The molecule has 96 valence electrons. The van der Waals surface area contributed by atoms with Crippen LogP contribution in [0.3, 0.4) is 0 Å². The number of aromatic nitrogens is 1. The molecule has 2 aromatic rings. The van der Waals surface area contributed by atoms with E-state index in [4.69, 9.17) is 5.26 Å². The van der Waals surface area contributed by atoms with Crippen LogP contribution in [0.2, 0.25) is 0 Å². The molecule has 0 spiro atoms. The number of rotatable bonds is 3. The van der Waals surface area contributed by atoms with Gasteiger partial charge in [-0.2, -0.15) is 5.26 Å². The van der Waals surface area contributed by atoms with Gasteiger partial charge in [0.25, 0.3) is 0 Å². The summed E-state index contributed by atoms with van der Waals surface area (Å²) in [6.45, 7) is 0. The number of anilines is 2. The highest BCUT2D eigenvalue weighted by molar-refractivity contribution is 7.90. The first-order chi connectivity index (χ1) is 9.00. The lowest BCUT2D eigenvalue weighted by atomic mass is 10.2. The fourth-order valence-electron chi connectivity index (χ4n) is 1.53. The number of hydrogen-bond acceptors (Lipinski definition) is 5. The van der Waals surface area contributed by atoms with Gasteiger partial charge in [0.1, 0.15) is 6.07 Å². The average Bonchev–Trinajstić information content (AvgIpc) is 2.39. The summed E-state index contributed by atoms with van der Waals surface area (Å²) < 4.78 is 22.7. The zero-order chi connectivity index (χ0) is 13.9. The van der Waals surface area contributed by atoms with Gasteiger partial charge in [-0.1, -0.05) is 0 Å². The number of pyridine rings is 1. The molecule has 1 heterocycles. The van der Waals surface area contributed by atoms with Crippen LogP contribution in [0.15, 0.2) is 47.6 Å². The number of hydrogen-bond donors (Lipinski definition) is 1. The number of nitrogens with one attached hydrogen (secondary N) is 1. The number of benzene rings is 1. The van der Waals surface area contributed by atoms with Crippen molar-refractivity contribution in [2.45, 2.75) is 4.90 Å².